The van der Waals surface area contributed by atoms with Gasteiger partial charge in [0.2, 0.25) is 0 Å². The predicted octanol–water partition coefficient (Wildman–Crippen LogP) is 3.93. The van der Waals surface area contributed by atoms with Crippen LogP contribution in [0.1, 0.15) is 25.0 Å². The summed E-state index contributed by atoms with van der Waals surface area (Å²) in [6.07, 6.45) is 4.22. The molecule has 0 spiro atoms. The summed E-state index contributed by atoms with van der Waals surface area (Å²) >= 11 is 0. The van der Waals surface area contributed by atoms with Crippen LogP contribution in [0.15, 0.2) is 55.4 Å². The maximum Gasteiger partial charge on any atom is 0.146 e. The number of pyridine rings is 1. The number of hydrogen-bond donors (Lipinski definition) is 3. The van der Waals surface area contributed by atoms with Crippen molar-refractivity contribution in [3.05, 3.63) is 72.3 Å². The standard InChI is InChI=1S/C17H21FN4.C2H6.CH3N/c1-3-20-12-10-14-8-6-11-21-17(14)22(19-2)13-15-7-4-5-9-16(15)18;2*1-2/h3-9,11,19-20H,1,10,12-13H2,2H3;1-2H3;2H,1H2. The van der Waals surface area contributed by atoms with Gasteiger partial charge in [0.05, 0.1) is 6.54 Å². The first-order valence-corrected chi connectivity index (χ1v) is 8.58. The third kappa shape index (κ3) is 7.44. The Morgan fingerprint density at radius 1 is 1.15 bits per heavy atom. The second-order valence-corrected chi connectivity index (χ2v) is 4.80. The number of halogens is 1. The molecule has 0 radical (unpaired) electrons. The molecule has 0 saturated heterocycles. The highest BCUT2D eigenvalue weighted by molar-refractivity contribution is 5.46. The number of hydrazine groups is 1. The van der Waals surface area contributed by atoms with E-state index in [9.17, 15) is 4.39 Å². The Hall–Kier alpha value is -2.73. The van der Waals surface area contributed by atoms with Crippen LogP contribution in [0.4, 0.5) is 10.2 Å². The molecule has 0 aliphatic carbocycles. The van der Waals surface area contributed by atoms with Crippen LogP contribution < -0.4 is 15.8 Å². The summed E-state index contributed by atoms with van der Waals surface area (Å²) in [7, 11) is 1.81. The molecule has 0 aliphatic rings. The van der Waals surface area contributed by atoms with E-state index in [-0.39, 0.29) is 5.82 Å². The van der Waals surface area contributed by atoms with Crippen LogP contribution in [0.25, 0.3) is 0 Å². The minimum absolute atomic E-state index is 0.214. The lowest BCUT2D eigenvalue weighted by Crippen LogP contribution is -2.36. The summed E-state index contributed by atoms with van der Waals surface area (Å²) in [6, 6.07) is 10.7. The Morgan fingerprint density at radius 2 is 1.81 bits per heavy atom. The fraction of sp³-hybridized carbons (Fsp3) is 0.300. The molecular formula is C20H30FN5. The average molecular weight is 359 g/mol. The zero-order chi connectivity index (χ0) is 19.8. The van der Waals surface area contributed by atoms with Crippen molar-refractivity contribution in [2.24, 2.45) is 0 Å². The highest BCUT2D eigenvalue weighted by atomic mass is 19.1. The summed E-state index contributed by atoms with van der Waals surface area (Å²) in [4.78, 5) is 4.44. The van der Waals surface area contributed by atoms with E-state index in [2.05, 4.69) is 29.0 Å². The highest BCUT2D eigenvalue weighted by Gasteiger charge is 2.13. The van der Waals surface area contributed by atoms with E-state index >= 15 is 0 Å². The second kappa shape index (κ2) is 14.6. The van der Waals surface area contributed by atoms with Crippen LogP contribution in [0, 0.1) is 11.2 Å². The molecule has 2 aromatic rings. The van der Waals surface area contributed by atoms with Gasteiger partial charge in [0.1, 0.15) is 11.6 Å². The first-order chi connectivity index (χ1) is 12.8. The Labute approximate surface area is 156 Å². The molecule has 2 rings (SSSR count). The zero-order valence-corrected chi connectivity index (χ0v) is 15.9. The number of benzene rings is 1. The minimum atomic E-state index is -0.214. The van der Waals surface area contributed by atoms with E-state index in [4.69, 9.17) is 5.41 Å². The molecule has 0 saturated carbocycles. The Morgan fingerprint density at radius 3 is 2.42 bits per heavy atom. The van der Waals surface area contributed by atoms with E-state index in [0.29, 0.717) is 12.1 Å². The zero-order valence-electron chi connectivity index (χ0n) is 15.9. The van der Waals surface area contributed by atoms with E-state index in [0.717, 1.165) is 24.3 Å². The Balaban J connectivity index is 0.00000146. The lowest BCUT2D eigenvalue weighted by molar-refractivity contribution is 0.592. The second-order valence-electron chi connectivity index (χ2n) is 4.80. The molecular weight excluding hydrogens is 329 g/mol. The van der Waals surface area contributed by atoms with Gasteiger partial charge in [0, 0.05) is 25.4 Å². The van der Waals surface area contributed by atoms with Gasteiger partial charge in [0.15, 0.2) is 0 Å². The summed E-state index contributed by atoms with van der Waals surface area (Å²) < 4.78 is 13.9. The largest absolute Gasteiger partial charge is 0.391 e. The third-order valence-corrected chi connectivity index (χ3v) is 3.36. The van der Waals surface area contributed by atoms with Gasteiger partial charge in [-0.05, 0) is 37.0 Å². The van der Waals surface area contributed by atoms with Crippen LogP contribution in [0.2, 0.25) is 0 Å². The molecule has 0 aliphatic heterocycles. The highest BCUT2D eigenvalue weighted by Crippen LogP contribution is 2.19. The fourth-order valence-corrected chi connectivity index (χ4v) is 2.23. The van der Waals surface area contributed by atoms with Gasteiger partial charge in [-0.2, -0.15) is 0 Å². The van der Waals surface area contributed by atoms with Gasteiger partial charge in [-0.25, -0.2) is 14.8 Å². The van der Waals surface area contributed by atoms with Crippen LogP contribution in [0.5, 0.6) is 0 Å². The van der Waals surface area contributed by atoms with Crippen molar-refractivity contribution in [1.82, 2.24) is 15.7 Å². The van der Waals surface area contributed by atoms with Gasteiger partial charge >= 0.3 is 0 Å². The van der Waals surface area contributed by atoms with Gasteiger partial charge in [-0.15, -0.1) is 0 Å². The Bertz CT molecular complexity index is 633. The van der Waals surface area contributed by atoms with Crippen molar-refractivity contribution in [2.75, 3.05) is 18.6 Å². The number of nitrogens with one attached hydrogen (secondary N) is 3. The molecule has 0 fully saturated rings. The molecule has 0 bridgehead atoms. The fourth-order valence-electron chi connectivity index (χ4n) is 2.23. The maximum absolute atomic E-state index is 13.9. The first kappa shape index (κ1) is 23.3. The van der Waals surface area contributed by atoms with Crippen LogP contribution in [0.3, 0.4) is 0 Å². The number of aromatic nitrogens is 1. The van der Waals surface area contributed by atoms with Crippen molar-refractivity contribution in [3.8, 4) is 0 Å². The molecule has 1 aromatic heterocycles. The molecule has 26 heavy (non-hydrogen) atoms. The first-order valence-electron chi connectivity index (χ1n) is 8.58. The molecule has 6 heteroatoms. The van der Waals surface area contributed by atoms with E-state index < -0.39 is 0 Å². The normalized spacial score (nSPS) is 9.08. The van der Waals surface area contributed by atoms with Crippen molar-refractivity contribution >= 4 is 12.5 Å². The molecule has 1 heterocycles. The minimum Gasteiger partial charge on any atom is -0.391 e. The monoisotopic (exact) mass is 359 g/mol. The predicted molar refractivity (Wildman–Crippen MR) is 109 cm³/mol. The third-order valence-electron chi connectivity index (χ3n) is 3.36. The molecule has 0 atom stereocenters. The van der Waals surface area contributed by atoms with Crippen molar-refractivity contribution in [2.45, 2.75) is 26.8 Å². The van der Waals surface area contributed by atoms with Gasteiger partial charge in [0.25, 0.3) is 0 Å². The average Bonchev–Trinajstić information content (AvgIpc) is 2.71. The number of anilines is 1. The molecule has 0 unspecified atom stereocenters. The number of nitrogens with zero attached hydrogens (tertiary/aromatic N) is 2. The van der Waals surface area contributed by atoms with Crippen molar-refractivity contribution < 1.29 is 4.39 Å². The summed E-state index contributed by atoms with van der Waals surface area (Å²) in [6.45, 7) is 11.3. The Kier molecular flexibility index (Phi) is 13.1. The van der Waals surface area contributed by atoms with Crippen LogP contribution in [-0.4, -0.2) is 25.3 Å². The molecule has 1 aromatic carbocycles. The van der Waals surface area contributed by atoms with Crippen molar-refractivity contribution in [3.63, 3.8) is 0 Å². The molecule has 3 N–H and O–H groups in total. The quantitative estimate of drug-likeness (QED) is 0.380. The number of hydrogen-bond acceptors (Lipinski definition) is 5. The molecule has 5 nitrogen and oxygen atoms in total. The van der Waals surface area contributed by atoms with E-state index in [1.807, 2.05) is 37.1 Å². The lowest BCUT2D eigenvalue weighted by Gasteiger charge is -2.25. The number of rotatable bonds is 8. The van der Waals surface area contributed by atoms with Gasteiger partial charge in [-0.3, -0.25) is 5.01 Å². The van der Waals surface area contributed by atoms with Gasteiger partial charge < -0.3 is 10.7 Å². The molecule has 0 amide bonds. The van der Waals surface area contributed by atoms with E-state index in [1.54, 1.807) is 31.6 Å². The smallest absolute Gasteiger partial charge is 0.146 e. The van der Waals surface area contributed by atoms with E-state index in [1.165, 1.54) is 6.07 Å². The van der Waals surface area contributed by atoms with Gasteiger partial charge in [-0.1, -0.05) is 44.7 Å². The van der Waals surface area contributed by atoms with Crippen molar-refractivity contribution in [1.29, 1.82) is 5.41 Å². The summed E-state index contributed by atoms with van der Waals surface area (Å²) in [5.41, 5.74) is 4.80. The summed E-state index contributed by atoms with van der Waals surface area (Å²) in [5, 5.41) is 10.4. The SMILES string of the molecule is C=CNCCc1cccnc1N(Cc1ccccc1F)NC.C=N.CC. The van der Waals surface area contributed by atoms with Crippen LogP contribution in [-0.2, 0) is 13.0 Å². The summed E-state index contributed by atoms with van der Waals surface area (Å²) in [5.74, 6) is 0.590. The molecule has 142 valence electrons. The maximum atomic E-state index is 13.9. The van der Waals surface area contributed by atoms with Crippen LogP contribution >= 0.6 is 0 Å². The topological polar surface area (TPSA) is 64.0 Å². The lowest BCUT2D eigenvalue weighted by atomic mass is 10.1.